The first kappa shape index (κ1) is 7.54. The van der Waals surface area contributed by atoms with Crippen molar-refractivity contribution in [2.45, 2.75) is 6.04 Å². The maximum atomic E-state index is 10.6. The van der Waals surface area contributed by atoms with E-state index in [1.54, 1.807) is 0 Å². The highest BCUT2D eigenvalue weighted by Crippen LogP contribution is 2.51. The van der Waals surface area contributed by atoms with Gasteiger partial charge in [0, 0.05) is 5.92 Å². The Balaban J connectivity index is 2.07. The van der Waals surface area contributed by atoms with Gasteiger partial charge in [-0.1, -0.05) is 0 Å². The second-order valence-corrected chi connectivity index (χ2v) is 3.33. The van der Waals surface area contributed by atoms with Crippen molar-refractivity contribution in [3.8, 4) is 0 Å². The molecule has 66 valence electrons. The van der Waals surface area contributed by atoms with Crippen LogP contribution in [0.4, 0.5) is 0 Å². The van der Waals surface area contributed by atoms with Crippen LogP contribution in [-0.4, -0.2) is 34.7 Å². The molecule has 0 amide bonds. The molecule has 5 nitrogen and oxygen atoms in total. The lowest BCUT2D eigenvalue weighted by Gasteiger charge is -2.08. The zero-order valence-electron chi connectivity index (χ0n) is 6.23. The number of hydrogen-bond acceptors (Lipinski definition) is 3. The van der Waals surface area contributed by atoms with E-state index >= 15 is 0 Å². The van der Waals surface area contributed by atoms with Crippen molar-refractivity contribution >= 4 is 11.9 Å². The van der Waals surface area contributed by atoms with E-state index in [9.17, 15) is 9.59 Å². The monoisotopic (exact) mass is 171 g/mol. The Labute approximate surface area is 68.4 Å². The van der Waals surface area contributed by atoms with Crippen molar-refractivity contribution in [2.24, 2.45) is 17.8 Å². The van der Waals surface area contributed by atoms with Gasteiger partial charge in [0.25, 0.3) is 0 Å². The molecule has 1 aliphatic heterocycles. The van der Waals surface area contributed by atoms with Crippen LogP contribution in [0.1, 0.15) is 0 Å². The van der Waals surface area contributed by atoms with E-state index in [1.165, 1.54) is 0 Å². The number of aliphatic carboxylic acids is 2. The van der Waals surface area contributed by atoms with Gasteiger partial charge in [0.1, 0.15) is 6.04 Å². The van der Waals surface area contributed by atoms with Gasteiger partial charge in [0.15, 0.2) is 0 Å². The van der Waals surface area contributed by atoms with Gasteiger partial charge in [-0.05, 0) is 12.5 Å². The lowest BCUT2D eigenvalue weighted by Crippen LogP contribution is -2.36. The predicted octanol–water partition coefficient (Wildman–Crippen LogP) is -1.01. The number of fused-ring (bicyclic) bond motifs is 1. The summed E-state index contributed by atoms with van der Waals surface area (Å²) in [5.74, 6) is -2.36. The van der Waals surface area contributed by atoms with Crippen LogP contribution in [0.3, 0.4) is 0 Å². The summed E-state index contributed by atoms with van der Waals surface area (Å²) in [6, 6.07) is -0.643. The maximum Gasteiger partial charge on any atom is 0.321 e. The maximum absolute atomic E-state index is 10.6. The van der Waals surface area contributed by atoms with Gasteiger partial charge in [-0.3, -0.25) is 9.59 Å². The van der Waals surface area contributed by atoms with Crippen molar-refractivity contribution in [2.75, 3.05) is 6.54 Å². The first-order valence-corrected chi connectivity index (χ1v) is 3.82. The molecule has 0 aromatic rings. The van der Waals surface area contributed by atoms with Crippen LogP contribution in [0.25, 0.3) is 0 Å². The quantitative estimate of drug-likeness (QED) is 0.495. The second kappa shape index (κ2) is 2.20. The van der Waals surface area contributed by atoms with E-state index in [-0.39, 0.29) is 11.8 Å². The summed E-state index contributed by atoms with van der Waals surface area (Å²) in [5.41, 5.74) is 0. The van der Waals surface area contributed by atoms with Crippen molar-refractivity contribution in [1.29, 1.82) is 0 Å². The molecule has 1 heterocycles. The van der Waals surface area contributed by atoms with Gasteiger partial charge in [0.2, 0.25) is 0 Å². The molecule has 0 radical (unpaired) electrons. The number of carboxylic acid groups (broad SMARTS) is 2. The molecule has 3 N–H and O–H groups in total. The lowest BCUT2D eigenvalue weighted by molar-refractivity contribution is -0.141. The molecule has 0 unspecified atom stereocenters. The lowest BCUT2D eigenvalue weighted by atomic mass is 10.1. The fraction of sp³-hybridized carbons (Fsp3) is 0.714. The second-order valence-electron chi connectivity index (χ2n) is 3.33. The molecule has 4 atom stereocenters. The molecule has 5 heteroatoms. The van der Waals surface area contributed by atoms with Crippen molar-refractivity contribution < 1.29 is 19.8 Å². The fourth-order valence-corrected chi connectivity index (χ4v) is 2.12. The Morgan fingerprint density at radius 2 is 1.92 bits per heavy atom. The molecule has 1 saturated carbocycles. The van der Waals surface area contributed by atoms with E-state index in [0.29, 0.717) is 6.54 Å². The Morgan fingerprint density at radius 3 is 2.33 bits per heavy atom. The Morgan fingerprint density at radius 1 is 1.25 bits per heavy atom. The summed E-state index contributed by atoms with van der Waals surface area (Å²) in [7, 11) is 0. The first-order chi connectivity index (χ1) is 5.63. The molecule has 1 saturated heterocycles. The third-order valence-corrected chi connectivity index (χ3v) is 2.74. The first-order valence-electron chi connectivity index (χ1n) is 3.82. The van der Waals surface area contributed by atoms with Gasteiger partial charge in [-0.25, -0.2) is 0 Å². The minimum absolute atomic E-state index is 0.0450. The Kier molecular flexibility index (Phi) is 1.38. The summed E-state index contributed by atoms with van der Waals surface area (Å²) >= 11 is 0. The summed E-state index contributed by atoms with van der Waals surface area (Å²) in [4.78, 5) is 21.1. The van der Waals surface area contributed by atoms with E-state index < -0.39 is 23.9 Å². The van der Waals surface area contributed by atoms with Crippen LogP contribution in [-0.2, 0) is 9.59 Å². The van der Waals surface area contributed by atoms with E-state index in [2.05, 4.69) is 5.32 Å². The van der Waals surface area contributed by atoms with Crippen molar-refractivity contribution in [3.63, 3.8) is 0 Å². The third-order valence-electron chi connectivity index (χ3n) is 2.74. The van der Waals surface area contributed by atoms with Gasteiger partial charge >= 0.3 is 11.9 Å². The van der Waals surface area contributed by atoms with Gasteiger partial charge < -0.3 is 15.5 Å². The number of carbonyl (C=O) groups is 2. The summed E-state index contributed by atoms with van der Waals surface area (Å²) in [5, 5.41) is 20.1. The zero-order valence-corrected chi connectivity index (χ0v) is 6.23. The molecule has 0 bridgehead atoms. The van der Waals surface area contributed by atoms with Crippen LogP contribution < -0.4 is 5.32 Å². The van der Waals surface area contributed by atoms with E-state index in [1.807, 2.05) is 0 Å². The highest BCUT2D eigenvalue weighted by molar-refractivity contribution is 5.81. The number of rotatable bonds is 2. The van der Waals surface area contributed by atoms with Crippen molar-refractivity contribution in [3.05, 3.63) is 0 Å². The molecule has 2 aliphatic rings. The number of piperidine rings is 1. The van der Waals surface area contributed by atoms with Gasteiger partial charge in [-0.15, -0.1) is 0 Å². The topological polar surface area (TPSA) is 86.6 Å². The van der Waals surface area contributed by atoms with Gasteiger partial charge in [0.05, 0.1) is 5.92 Å². The summed E-state index contributed by atoms with van der Waals surface area (Å²) < 4.78 is 0. The summed E-state index contributed by atoms with van der Waals surface area (Å²) in [6.45, 7) is 0.526. The van der Waals surface area contributed by atoms with Crippen LogP contribution in [0.2, 0.25) is 0 Å². The van der Waals surface area contributed by atoms with E-state index in [0.717, 1.165) is 0 Å². The van der Waals surface area contributed by atoms with Crippen LogP contribution >= 0.6 is 0 Å². The van der Waals surface area contributed by atoms with Crippen LogP contribution in [0.5, 0.6) is 0 Å². The summed E-state index contributed by atoms with van der Waals surface area (Å²) in [6.07, 6.45) is 0. The highest BCUT2D eigenvalue weighted by Gasteiger charge is 2.63. The molecule has 1 aliphatic carbocycles. The van der Waals surface area contributed by atoms with Crippen LogP contribution in [0.15, 0.2) is 0 Å². The largest absolute Gasteiger partial charge is 0.481 e. The molecule has 2 rings (SSSR count). The molecule has 0 aromatic carbocycles. The molecular formula is C7H9NO4. The Bertz CT molecular complexity index is 252. The smallest absolute Gasteiger partial charge is 0.321 e. The minimum atomic E-state index is -0.939. The number of carboxylic acids is 2. The molecule has 0 aromatic heterocycles. The standard InChI is InChI=1S/C7H9NO4/c9-6(10)4-2-1-8-5(3(2)4)7(11)12/h2-5,8H,1H2,(H,9,10)(H,11,12)/t2-,3-,4-,5-/m0/s1. The average Bonchev–Trinajstić information content (AvgIpc) is 2.52. The average molecular weight is 171 g/mol. The molecule has 0 spiro atoms. The zero-order chi connectivity index (χ0) is 8.88. The normalized spacial score (nSPS) is 43.7. The predicted molar refractivity (Wildman–Crippen MR) is 37.5 cm³/mol. The van der Waals surface area contributed by atoms with E-state index in [4.69, 9.17) is 10.2 Å². The third kappa shape index (κ3) is 0.828. The highest BCUT2D eigenvalue weighted by atomic mass is 16.4. The SMILES string of the molecule is O=C(O)[C@H]1[C@H]2CN[C@H](C(=O)O)[C@@H]21. The van der Waals surface area contributed by atoms with Gasteiger partial charge in [-0.2, -0.15) is 0 Å². The molecule has 2 fully saturated rings. The van der Waals surface area contributed by atoms with Crippen LogP contribution in [0, 0.1) is 17.8 Å². The molecular weight excluding hydrogens is 162 g/mol. The molecule has 12 heavy (non-hydrogen) atoms. The minimum Gasteiger partial charge on any atom is -0.481 e. The fourth-order valence-electron chi connectivity index (χ4n) is 2.12. The number of nitrogens with one attached hydrogen (secondary N) is 1. The number of hydrogen-bond donors (Lipinski definition) is 3. The van der Waals surface area contributed by atoms with Crippen molar-refractivity contribution in [1.82, 2.24) is 5.32 Å². The Hall–Kier alpha value is -1.10.